The summed E-state index contributed by atoms with van der Waals surface area (Å²) in [6, 6.07) is 85.3. The number of thiophene rings is 1. The molecule has 10 aromatic carbocycles. The molecule has 0 saturated heterocycles. The minimum atomic E-state index is -0.638. The fourth-order valence-electron chi connectivity index (χ4n) is 10.9. The van der Waals surface area contributed by atoms with Crippen molar-refractivity contribution in [3.05, 3.63) is 253 Å². The average molecular weight is 807 g/mol. The Hall–Kier alpha value is -7.72. The Kier molecular flexibility index (Phi) is 7.72. The lowest BCUT2D eigenvalue weighted by Gasteiger charge is -2.36. The first kappa shape index (κ1) is 35.1. The van der Waals surface area contributed by atoms with Gasteiger partial charge in [-0.1, -0.05) is 170 Å². The maximum absolute atomic E-state index is 2.52. The summed E-state index contributed by atoms with van der Waals surface area (Å²) in [6.45, 7) is 0. The summed E-state index contributed by atoms with van der Waals surface area (Å²) < 4.78 is 2.58. The van der Waals surface area contributed by atoms with Crippen LogP contribution in [0.15, 0.2) is 231 Å². The van der Waals surface area contributed by atoms with E-state index in [0.29, 0.717) is 0 Å². The van der Waals surface area contributed by atoms with E-state index in [-0.39, 0.29) is 0 Å². The van der Waals surface area contributed by atoms with Crippen molar-refractivity contribution in [1.29, 1.82) is 0 Å². The minimum Gasteiger partial charge on any atom is -0.310 e. The van der Waals surface area contributed by atoms with Crippen LogP contribution in [0.3, 0.4) is 0 Å². The lowest BCUT2D eigenvalue weighted by molar-refractivity contribution is 0.793. The van der Waals surface area contributed by atoms with E-state index in [2.05, 4.69) is 240 Å². The summed E-state index contributed by atoms with van der Waals surface area (Å²) in [5, 5.41) is 5.06. The largest absolute Gasteiger partial charge is 0.310 e. The maximum atomic E-state index is 2.52. The topological polar surface area (TPSA) is 6.48 Å². The number of rotatable bonds is 6. The Morgan fingerprint density at radius 2 is 0.839 bits per heavy atom. The molecule has 0 fully saturated rings. The molecule has 1 aromatic heterocycles. The first-order chi connectivity index (χ1) is 30.8. The van der Waals surface area contributed by atoms with E-state index < -0.39 is 5.41 Å². The van der Waals surface area contributed by atoms with Gasteiger partial charge in [-0.2, -0.15) is 0 Å². The molecule has 0 aliphatic heterocycles. The number of hydrogen-bond donors (Lipinski definition) is 0. The van der Waals surface area contributed by atoms with Gasteiger partial charge in [0.1, 0.15) is 0 Å². The van der Waals surface area contributed by atoms with Gasteiger partial charge in [0.15, 0.2) is 0 Å². The summed E-state index contributed by atoms with van der Waals surface area (Å²) in [5.41, 5.74) is 16.6. The zero-order chi connectivity index (χ0) is 40.8. The summed E-state index contributed by atoms with van der Waals surface area (Å²) >= 11 is 1.88. The molecule has 0 amide bonds. The van der Waals surface area contributed by atoms with E-state index in [1.54, 1.807) is 0 Å². The van der Waals surface area contributed by atoms with Crippen LogP contribution in [-0.2, 0) is 5.41 Å². The van der Waals surface area contributed by atoms with Gasteiger partial charge in [0.25, 0.3) is 0 Å². The van der Waals surface area contributed by atoms with Gasteiger partial charge >= 0.3 is 0 Å². The van der Waals surface area contributed by atoms with E-state index in [9.17, 15) is 0 Å². The number of benzene rings is 10. The smallest absolute Gasteiger partial charge is 0.0747 e. The Balaban J connectivity index is 1.18. The van der Waals surface area contributed by atoms with Crippen molar-refractivity contribution in [3.8, 4) is 22.3 Å². The lowest BCUT2D eigenvalue weighted by Crippen LogP contribution is -2.28. The highest BCUT2D eigenvalue weighted by atomic mass is 32.1. The second-order valence-electron chi connectivity index (χ2n) is 16.3. The van der Waals surface area contributed by atoms with Gasteiger partial charge in [0.05, 0.1) is 27.2 Å². The Bertz CT molecular complexity index is 3500. The third kappa shape index (κ3) is 4.85. The van der Waals surface area contributed by atoms with Crippen LogP contribution in [0.4, 0.5) is 34.1 Å². The minimum absolute atomic E-state index is 0.638. The summed E-state index contributed by atoms with van der Waals surface area (Å²) in [5.74, 6) is 0. The maximum Gasteiger partial charge on any atom is 0.0747 e. The van der Waals surface area contributed by atoms with E-state index in [1.165, 1.54) is 92.5 Å². The second-order valence-corrected chi connectivity index (χ2v) is 17.4. The van der Waals surface area contributed by atoms with Crippen LogP contribution in [0.5, 0.6) is 0 Å². The van der Waals surface area contributed by atoms with Gasteiger partial charge in [-0.25, -0.2) is 0 Å². The summed E-state index contributed by atoms with van der Waals surface area (Å²) in [4.78, 5) is 5.01. The molecule has 1 unspecified atom stereocenters. The van der Waals surface area contributed by atoms with Crippen molar-refractivity contribution < 1.29 is 0 Å². The second kappa shape index (κ2) is 13.7. The Morgan fingerprint density at radius 1 is 0.339 bits per heavy atom. The lowest BCUT2D eigenvalue weighted by atomic mass is 9.69. The number of nitrogens with zero attached hydrogens (tertiary/aromatic N) is 2. The van der Waals surface area contributed by atoms with Gasteiger partial charge in [0, 0.05) is 43.7 Å². The van der Waals surface area contributed by atoms with E-state index in [0.717, 1.165) is 17.1 Å². The van der Waals surface area contributed by atoms with Crippen molar-refractivity contribution in [2.45, 2.75) is 5.41 Å². The molecule has 0 N–H and O–H groups in total. The molecule has 2 aliphatic rings. The van der Waals surface area contributed by atoms with E-state index in [1.807, 2.05) is 11.3 Å². The van der Waals surface area contributed by atoms with Gasteiger partial charge < -0.3 is 9.80 Å². The van der Waals surface area contributed by atoms with Gasteiger partial charge in [-0.15, -0.1) is 11.3 Å². The molecule has 62 heavy (non-hydrogen) atoms. The molecule has 0 bridgehead atoms. The highest BCUT2D eigenvalue weighted by Crippen LogP contribution is 2.68. The Morgan fingerprint density at radius 3 is 1.53 bits per heavy atom. The Labute approximate surface area is 364 Å². The van der Waals surface area contributed by atoms with Gasteiger partial charge in [0.2, 0.25) is 0 Å². The van der Waals surface area contributed by atoms with Crippen LogP contribution >= 0.6 is 11.3 Å². The molecular weight excluding hydrogens is 769 g/mol. The van der Waals surface area contributed by atoms with Crippen molar-refractivity contribution >= 4 is 76.4 Å². The van der Waals surface area contributed by atoms with E-state index in [4.69, 9.17) is 0 Å². The zero-order valence-corrected chi connectivity index (χ0v) is 34.6. The number of anilines is 6. The first-order valence-electron chi connectivity index (χ1n) is 21.4. The molecule has 1 atom stereocenters. The molecule has 13 rings (SSSR count). The quantitative estimate of drug-likeness (QED) is 0.165. The molecule has 0 radical (unpaired) electrons. The van der Waals surface area contributed by atoms with Crippen molar-refractivity contribution in [1.82, 2.24) is 0 Å². The van der Waals surface area contributed by atoms with Crippen molar-refractivity contribution in [3.63, 3.8) is 0 Å². The standard InChI is InChI=1S/C59H38N2S/c1-4-21-40(22-5-1)60(41-23-6-2-7-24-41)53-38-39-20-10-11-27-43(39)55-46-29-12-15-32-48(46)59(57(53)55)49-33-16-13-30-47(49)56-50(59)34-19-35-51(56)61(42-25-8-3-9-26-42)52-36-18-31-45-44-28-14-17-37-54(44)62-58(45)52/h1-38H. The van der Waals surface area contributed by atoms with Crippen molar-refractivity contribution in [2.24, 2.45) is 0 Å². The third-order valence-electron chi connectivity index (χ3n) is 13.2. The molecule has 0 saturated carbocycles. The third-order valence-corrected chi connectivity index (χ3v) is 14.4. The number of para-hydroxylation sites is 3. The molecule has 290 valence electrons. The van der Waals surface area contributed by atoms with Crippen LogP contribution in [0.1, 0.15) is 22.3 Å². The number of hydrogen-bond acceptors (Lipinski definition) is 3. The van der Waals surface area contributed by atoms with Crippen LogP contribution in [0, 0.1) is 0 Å². The van der Waals surface area contributed by atoms with Crippen LogP contribution in [0.25, 0.3) is 53.2 Å². The van der Waals surface area contributed by atoms with E-state index >= 15 is 0 Å². The fourth-order valence-corrected chi connectivity index (χ4v) is 12.1. The molecule has 2 nitrogen and oxygen atoms in total. The first-order valence-corrected chi connectivity index (χ1v) is 22.2. The highest BCUT2D eigenvalue weighted by molar-refractivity contribution is 7.26. The molecule has 2 aliphatic carbocycles. The highest BCUT2D eigenvalue weighted by Gasteiger charge is 2.54. The average Bonchev–Trinajstić information content (AvgIpc) is 3.98. The van der Waals surface area contributed by atoms with Gasteiger partial charge in [-0.05, 0) is 105 Å². The fraction of sp³-hybridized carbons (Fsp3) is 0.0169. The molecule has 1 heterocycles. The van der Waals surface area contributed by atoms with Crippen LogP contribution in [-0.4, -0.2) is 0 Å². The molecule has 11 aromatic rings. The predicted octanol–water partition coefficient (Wildman–Crippen LogP) is 16.5. The molecular formula is C59H38N2S. The SMILES string of the molecule is c1ccc(N(c2ccccc2)c2cc3ccccc3c3c2C2(c4ccccc4-c4c(N(c5ccccc5)c5cccc6c5sc5ccccc56)cccc42)c2ccccc2-3)cc1. The molecule has 3 heteroatoms. The zero-order valence-electron chi connectivity index (χ0n) is 33.7. The van der Waals surface area contributed by atoms with Crippen molar-refractivity contribution in [2.75, 3.05) is 9.80 Å². The normalized spacial score (nSPS) is 14.5. The summed E-state index contributed by atoms with van der Waals surface area (Å²) in [7, 11) is 0. The summed E-state index contributed by atoms with van der Waals surface area (Å²) in [6.07, 6.45) is 0. The van der Waals surface area contributed by atoms with Crippen LogP contribution in [0.2, 0.25) is 0 Å². The molecule has 1 spiro atoms. The van der Waals surface area contributed by atoms with Crippen LogP contribution < -0.4 is 9.80 Å². The van der Waals surface area contributed by atoms with Gasteiger partial charge in [-0.3, -0.25) is 0 Å². The monoisotopic (exact) mass is 806 g/mol. The number of fused-ring (bicyclic) bond motifs is 15. The predicted molar refractivity (Wildman–Crippen MR) is 263 cm³/mol.